The zero-order valence-corrected chi connectivity index (χ0v) is 11.7. The molecule has 0 bridgehead atoms. The van der Waals surface area contributed by atoms with Crippen molar-refractivity contribution in [2.24, 2.45) is 0 Å². The number of hydrogen-bond acceptors (Lipinski definition) is 4. The number of para-hydroxylation sites is 1. The van der Waals surface area contributed by atoms with Crippen LogP contribution < -0.4 is 0 Å². The molecule has 0 amide bonds. The second-order valence-electron chi connectivity index (χ2n) is 4.52. The Morgan fingerprint density at radius 1 is 1.19 bits per heavy atom. The number of rotatable bonds is 2. The van der Waals surface area contributed by atoms with Crippen molar-refractivity contribution in [3.8, 4) is 28.6 Å². The zero-order chi connectivity index (χ0) is 15.0. The van der Waals surface area contributed by atoms with E-state index in [0.29, 0.717) is 16.7 Å². The first-order valence-corrected chi connectivity index (χ1v) is 6.52. The van der Waals surface area contributed by atoms with Crippen LogP contribution in [0.25, 0.3) is 22.8 Å². The molecule has 0 unspecified atom stereocenters. The van der Waals surface area contributed by atoms with Crippen molar-refractivity contribution in [1.82, 2.24) is 10.1 Å². The summed E-state index contributed by atoms with van der Waals surface area (Å²) in [6, 6.07) is 9.14. The monoisotopic (exact) mass is 304 g/mol. The summed E-state index contributed by atoms with van der Waals surface area (Å²) in [4.78, 5) is 4.20. The maximum atomic E-state index is 13.0. The fraction of sp³-hybridized carbons (Fsp3) is 0.0667. The predicted octanol–water partition coefficient (Wildman–Crippen LogP) is 4.21. The van der Waals surface area contributed by atoms with Gasteiger partial charge in [-0.3, -0.25) is 0 Å². The van der Waals surface area contributed by atoms with Gasteiger partial charge in [0.15, 0.2) is 0 Å². The molecule has 4 nitrogen and oxygen atoms in total. The maximum Gasteiger partial charge on any atom is 0.262 e. The molecule has 6 heteroatoms. The normalized spacial score (nSPS) is 10.8. The summed E-state index contributed by atoms with van der Waals surface area (Å²) >= 11 is 5.96. The number of halogens is 2. The summed E-state index contributed by atoms with van der Waals surface area (Å²) in [5.41, 5.74) is 1.60. The van der Waals surface area contributed by atoms with Gasteiger partial charge in [-0.2, -0.15) is 4.98 Å². The van der Waals surface area contributed by atoms with Gasteiger partial charge in [-0.25, -0.2) is 4.39 Å². The standard InChI is InChI=1S/C15H10ClFN2O2/c1-8-3-2-4-11(13(8)20)15-18-14(19-21-15)10-6-5-9(17)7-12(10)16/h2-7,20H,1H3. The molecule has 21 heavy (non-hydrogen) atoms. The average Bonchev–Trinajstić information content (AvgIpc) is 2.91. The van der Waals surface area contributed by atoms with E-state index in [1.54, 1.807) is 25.1 Å². The number of aromatic nitrogens is 2. The highest BCUT2D eigenvalue weighted by Crippen LogP contribution is 2.33. The van der Waals surface area contributed by atoms with Gasteiger partial charge in [0.25, 0.3) is 5.89 Å². The largest absolute Gasteiger partial charge is 0.507 e. The predicted molar refractivity (Wildman–Crippen MR) is 76.5 cm³/mol. The van der Waals surface area contributed by atoms with E-state index in [-0.39, 0.29) is 22.5 Å². The molecule has 0 fully saturated rings. The Morgan fingerprint density at radius 3 is 2.76 bits per heavy atom. The van der Waals surface area contributed by atoms with Gasteiger partial charge in [0.1, 0.15) is 11.6 Å². The lowest BCUT2D eigenvalue weighted by atomic mass is 10.1. The summed E-state index contributed by atoms with van der Waals surface area (Å²) in [7, 11) is 0. The molecule has 0 saturated heterocycles. The average molecular weight is 305 g/mol. The number of hydrogen-bond donors (Lipinski definition) is 1. The molecule has 1 N–H and O–H groups in total. The van der Waals surface area contributed by atoms with E-state index < -0.39 is 5.82 Å². The topological polar surface area (TPSA) is 59.2 Å². The van der Waals surface area contributed by atoms with Gasteiger partial charge in [-0.05, 0) is 36.8 Å². The summed E-state index contributed by atoms with van der Waals surface area (Å²) in [6.07, 6.45) is 0. The van der Waals surface area contributed by atoms with E-state index in [4.69, 9.17) is 16.1 Å². The van der Waals surface area contributed by atoms with Gasteiger partial charge in [-0.1, -0.05) is 28.9 Å². The summed E-state index contributed by atoms with van der Waals surface area (Å²) in [5, 5.41) is 14.0. The Bertz CT molecular complexity index is 817. The van der Waals surface area contributed by atoms with Gasteiger partial charge in [0, 0.05) is 5.56 Å². The van der Waals surface area contributed by atoms with Crippen LogP contribution in [0.4, 0.5) is 4.39 Å². The van der Waals surface area contributed by atoms with E-state index >= 15 is 0 Å². The van der Waals surface area contributed by atoms with Crippen LogP contribution in [0, 0.1) is 12.7 Å². The lowest BCUT2D eigenvalue weighted by molar-refractivity contribution is 0.425. The molecule has 3 rings (SSSR count). The maximum absolute atomic E-state index is 13.0. The highest BCUT2D eigenvalue weighted by Gasteiger charge is 2.16. The van der Waals surface area contributed by atoms with Gasteiger partial charge in [0.2, 0.25) is 5.82 Å². The minimum atomic E-state index is -0.441. The summed E-state index contributed by atoms with van der Waals surface area (Å²) in [5.74, 6) is 0.0456. The summed E-state index contributed by atoms with van der Waals surface area (Å²) < 4.78 is 18.2. The molecule has 1 aromatic heterocycles. The first-order chi connectivity index (χ1) is 10.1. The number of aryl methyl sites for hydroxylation is 1. The third-order valence-corrected chi connectivity index (χ3v) is 3.38. The van der Waals surface area contributed by atoms with Crippen LogP contribution in [0.3, 0.4) is 0 Å². The van der Waals surface area contributed by atoms with Crippen LogP contribution in [0.5, 0.6) is 5.75 Å². The summed E-state index contributed by atoms with van der Waals surface area (Å²) in [6.45, 7) is 1.77. The van der Waals surface area contributed by atoms with Crippen molar-refractivity contribution < 1.29 is 14.0 Å². The van der Waals surface area contributed by atoms with Gasteiger partial charge in [0.05, 0.1) is 10.6 Å². The number of nitrogens with zero attached hydrogens (tertiary/aromatic N) is 2. The molecule has 0 saturated carbocycles. The van der Waals surface area contributed by atoms with Crippen molar-refractivity contribution in [3.63, 3.8) is 0 Å². The Balaban J connectivity index is 2.06. The molecule has 0 aliphatic rings. The number of benzene rings is 2. The molecule has 0 radical (unpaired) electrons. The highest BCUT2D eigenvalue weighted by molar-refractivity contribution is 6.33. The molecule has 0 aliphatic heterocycles. The molecule has 2 aromatic carbocycles. The number of aromatic hydroxyl groups is 1. The SMILES string of the molecule is Cc1cccc(-c2nc(-c3ccc(F)cc3Cl)no2)c1O. The second kappa shape index (κ2) is 5.18. The first kappa shape index (κ1) is 13.6. The van der Waals surface area contributed by atoms with Crippen LogP contribution in [0.1, 0.15) is 5.56 Å². The molecule has 0 atom stereocenters. The minimum absolute atomic E-state index is 0.0814. The van der Waals surface area contributed by atoms with Crippen molar-refractivity contribution >= 4 is 11.6 Å². The molecular formula is C15H10ClFN2O2. The lowest BCUT2D eigenvalue weighted by Crippen LogP contribution is -1.85. The van der Waals surface area contributed by atoms with Crippen molar-refractivity contribution in [2.45, 2.75) is 6.92 Å². The smallest absolute Gasteiger partial charge is 0.262 e. The minimum Gasteiger partial charge on any atom is -0.507 e. The lowest BCUT2D eigenvalue weighted by Gasteiger charge is -2.01. The molecule has 0 aliphatic carbocycles. The van der Waals surface area contributed by atoms with Gasteiger partial charge < -0.3 is 9.63 Å². The van der Waals surface area contributed by atoms with Crippen LogP contribution in [0.2, 0.25) is 5.02 Å². The van der Waals surface area contributed by atoms with Crippen molar-refractivity contribution in [2.75, 3.05) is 0 Å². The van der Waals surface area contributed by atoms with E-state index in [0.717, 1.165) is 0 Å². The second-order valence-corrected chi connectivity index (χ2v) is 4.93. The van der Waals surface area contributed by atoms with Crippen molar-refractivity contribution in [3.05, 3.63) is 52.8 Å². The fourth-order valence-electron chi connectivity index (χ4n) is 1.94. The Labute approximate surface area is 124 Å². The highest BCUT2D eigenvalue weighted by atomic mass is 35.5. The fourth-order valence-corrected chi connectivity index (χ4v) is 2.20. The van der Waals surface area contributed by atoms with Crippen LogP contribution in [0.15, 0.2) is 40.9 Å². The quantitative estimate of drug-likeness (QED) is 0.770. The van der Waals surface area contributed by atoms with Gasteiger partial charge in [-0.15, -0.1) is 0 Å². The van der Waals surface area contributed by atoms with E-state index in [1.807, 2.05) is 0 Å². The third-order valence-electron chi connectivity index (χ3n) is 3.07. The molecule has 106 valence electrons. The van der Waals surface area contributed by atoms with Crippen LogP contribution >= 0.6 is 11.6 Å². The van der Waals surface area contributed by atoms with Crippen LogP contribution in [-0.4, -0.2) is 15.2 Å². The number of phenolic OH excluding ortho intramolecular Hbond substituents is 1. The Kier molecular flexibility index (Phi) is 3.35. The van der Waals surface area contributed by atoms with Crippen molar-refractivity contribution in [1.29, 1.82) is 0 Å². The van der Waals surface area contributed by atoms with Crippen LogP contribution in [-0.2, 0) is 0 Å². The third kappa shape index (κ3) is 2.48. The molecule has 3 aromatic rings. The van der Waals surface area contributed by atoms with E-state index in [2.05, 4.69) is 10.1 Å². The molecule has 1 heterocycles. The zero-order valence-electron chi connectivity index (χ0n) is 11.0. The first-order valence-electron chi connectivity index (χ1n) is 6.14. The number of phenols is 1. The Hall–Kier alpha value is -2.40. The van der Waals surface area contributed by atoms with E-state index in [9.17, 15) is 9.50 Å². The Morgan fingerprint density at radius 2 is 2.00 bits per heavy atom. The molecule has 0 spiro atoms. The molecular weight excluding hydrogens is 295 g/mol. The van der Waals surface area contributed by atoms with E-state index in [1.165, 1.54) is 18.2 Å². The van der Waals surface area contributed by atoms with Gasteiger partial charge >= 0.3 is 0 Å².